The normalized spacial score (nSPS) is 9.95. The SMILES string of the molecule is CC.CC.CC.CC.CC.CC.CC.CN(C)CCCN.CO.CO[Si](CCCN)(OC)OC.CO[Si](CCCN)(OC)OC.CO[Si](CCCNC(=O)NCCCN(C)C)(OC)OC.CO[Si](CCCNC(=O)n1ccnc1)(OC)OC.O=C(n1ccnc1)n1ccnc1. The summed E-state index contributed by atoms with van der Waals surface area (Å²) in [4.78, 5) is 50.0. The largest absolute Gasteiger partial charge is 0.500 e. The molecule has 0 radical (unpaired) electrons. The lowest BCUT2D eigenvalue weighted by atomic mass is 10.4. The molecule has 0 atom stereocenters. The Morgan fingerprint density at radius 3 is 0.832 bits per heavy atom. The lowest BCUT2D eigenvalue weighted by Gasteiger charge is -2.24. The second kappa shape index (κ2) is 90.2. The van der Waals surface area contributed by atoms with Gasteiger partial charge in [-0.15, -0.1) is 0 Å². The smallest absolute Gasteiger partial charge is 0.400 e. The van der Waals surface area contributed by atoms with Gasteiger partial charge in [-0.1, -0.05) is 96.9 Å². The summed E-state index contributed by atoms with van der Waals surface area (Å²) < 4.78 is 67.0. The topological polar surface area (TPSA) is 356 Å². The number of nitrogens with two attached hydrogens (primary N) is 3. The van der Waals surface area contributed by atoms with Gasteiger partial charge in [-0.25, -0.2) is 29.3 Å². The van der Waals surface area contributed by atoms with E-state index in [0.29, 0.717) is 44.8 Å². The number of aliphatic hydroxyl groups excluding tert-OH is 1. The van der Waals surface area contributed by atoms with Crippen LogP contribution in [0.1, 0.15) is 135 Å². The molecule has 574 valence electrons. The summed E-state index contributed by atoms with van der Waals surface area (Å²) in [5.74, 6) is 0. The van der Waals surface area contributed by atoms with E-state index in [0.717, 1.165) is 77.4 Å². The zero-order valence-electron chi connectivity index (χ0n) is 65.8. The molecule has 0 saturated heterocycles. The van der Waals surface area contributed by atoms with Gasteiger partial charge in [-0.2, -0.15) is 0 Å². The molecular formula is C61H148N14O16Si4. The van der Waals surface area contributed by atoms with Gasteiger partial charge in [0.15, 0.2) is 0 Å². The van der Waals surface area contributed by atoms with Crippen molar-refractivity contribution in [3.05, 3.63) is 56.2 Å². The van der Waals surface area contributed by atoms with Crippen molar-refractivity contribution in [2.45, 2.75) is 160 Å². The first-order valence-corrected chi connectivity index (χ1v) is 40.8. The number of hydrogen-bond donors (Lipinski definition) is 7. The number of amides is 3. The van der Waals surface area contributed by atoms with E-state index in [9.17, 15) is 14.4 Å². The average molecular weight is 1450 g/mol. The Labute approximate surface area is 583 Å². The minimum Gasteiger partial charge on any atom is -0.400 e. The molecule has 0 unspecified atom stereocenters. The van der Waals surface area contributed by atoms with Crippen LogP contribution in [0.3, 0.4) is 0 Å². The number of aliphatic hydroxyl groups is 1. The Bertz CT molecular complexity index is 1740. The number of rotatable bonds is 33. The number of carbonyl (C=O) groups excluding carboxylic acids is 3. The third-order valence-corrected chi connectivity index (χ3v) is 22.4. The first-order chi connectivity index (χ1) is 45.8. The van der Waals surface area contributed by atoms with Gasteiger partial charge in [0.05, 0.1) is 0 Å². The van der Waals surface area contributed by atoms with Crippen molar-refractivity contribution < 1.29 is 72.6 Å². The fourth-order valence-corrected chi connectivity index (χ4v) is 13.2. The highest BCUT2D eigenvalue weighted by atomic mass is 28.4. The Morgan fingerprint density at radius 1 is 0.379 bits per heavy atom. The van der Waals surface area contributed by atoms with Crippen molar-refractivity contribution in [2.24, 2.45) is 17.2 Å². The van der Waals surface area contributed by atoms with Gasteiger partial charge in [0.1, 0.15) is 19.0 Å². The number of nitrogens with zero attached hydrogens (tertiary/aromatic N) is 8. The molecule has 0 aliphatic carbocycles. The number of urea groups is 1. The first-order valence-electron chi connectivity index (χ1n) is 33.0. The third-order valence-electron chi connectivity index (χ3n) is 11.1. The summed E-state index contributed by atoms with van der Waals surface area (Å²) in [6.45, 7) is 33.9. The van der Waals surface area contributed by atoms with Gasteiger partial charge in [0, 0.05) is 173 Å². The third kappa shape index (κ3) is 67.2. The zero-order valence-corrected chi connectivity index (χ0v) is 69.8. The van der Waals surface area contributed by atoms with E-state index in [-0.39, 0.29) is 18.1 Å². The predicted molar refractivity (Wildman–Crippen MR) is 399 cm³/mol. The lowest BCUT2D eigenvalue weighted by Crippen LogP contribution is -2.44. The van der Waals surface area contributed by atoms with E-state index in [2.05, 4.69) is 54.8 Å². The minimum absolute atomic E-state index is 0.136. The molecule has 0 aliphatic heterocycles. The van der Waals surface area contributed by atoms with E-state index in [1.165, 1.54) is 32.7 Å². The van der Waals surface area contributed by atoms with Crippen molar-refractivity contribution >= 4 is 53.3 Å². The van der Waals surface area contributed by atoms with Gasteiger partial charge in [-0.05, 0) is 99.4 Å². The Kier molecular flexibility index (Phi) is 110. The number of hydrogen-bond acceptors (Lipinski definition) is 24. The van der Waals surface area contributed by atoms with E-state index in [4.69, 9.17) is 75.4 Å². The number of aromatic nitrogens is 6. The predicted octanol–water partition coefficient (Wildman–Crippen LogP) is 8.93. The van der Waals surface area contributed by atoms with Crippen LogP contribution < -0.4 is 33.2 Å². The summed E-state index contributed by atoms with van der Waals surface area (Å²) in [7, 11) is 18.6. The number of imidazole rings is 3. The fraction of sp³-hybridized carbons (Fsp3) is 0.803. The maximum absolute atomic E-state index is 11.6. The van der Waals surface area contributed by atoms with Crippen LogP contribution in [-0.2, 0) is 53.1 Å². The van der Waals surface area contributed by atoms with Crippen LogP contribution in [0.15, 0.2) is 56.2 Å². The van der Waals surface area contributed by atoms with Crippen LogP contribution in [0.25, 0.3) is 0 Å². The van der Waals surface area contributed by atoms with Gasteiger partial charge in [0.2, 0.25) is 0 Å². The zero-order chi connectivity index (χ0) is 76.4. The maximum atomic E-state index is 11.6. The molecule has 34 heteroatoms. The van der Waals surface area contributed by atoms with Crippen molar-refractivity contribution in [3.8, 4) is 0 Å². The quantitative estimate of drug-likeness (QED) is 0.0221. The van der Waals surface area contributed by atoms with Crippen molar-refractivity contribution in [1.82, 2.24) is 54.4 Å². The summed E-state index contributed by atoms with van der Waals surface area (Å²) in [6.07, 6.45) is 19.0. The molecule has 3 amide bonds. The molecule has 3 rings (SSSR count). The highest BCUT2D eigenvalue weighted by Gasteiger charge is 2.39. The van der Waals surface area contributed by atoms with Gasteiger partial charge >= 0.3 is 53.3 Å². The summed E-state index contributed by atoms with van der Waals surface area (Å²) in [5.41, 5.74) is 16.0. The summed E-state index contributed by atoms with van der Waals surface area (Å²) >= 11 is 0. The van der Waals surface area contributed by atoms with Crippen LogP contribution >= 0.6 is 0 Å². The summed E-state index contributed by atoms with van der Waals surface area (Å²) in [5, 5.41) is 15.4. The summed E-state index contributed by atoms with van der Waals surface area (Å²) in [6, 6.07) is 2.37. The molecule has 0 spiro atoms. The molecule has 95 heavy (non-hydrogen) atoms. The van der Waals surface area contributed by atoms with Gasteiger partial charge < -0.3 is 101 Å². The van der Waals surface area contributed by atoms with E-state index < -0.39 is 35.2 Å². The number of carbonyl (C=O) groups is 3. The Hall–Kier alpha value is -3.81. The molecule has 0 bridgehead atoms. The van der Waals surface area contributed by atoms with Crippen LogP contribution in [0.5, 0.6) is 0 Å². The van der Waals surface area contributed by atoms with Gasteiger partial charge in [-0.3, -0.25) is 13.7 Å². The van der Waals surface area contributed by atoms with Crippen LogP contribution in [0, 0.1) is 0 Å². The van der Waals surface area contributed by atoms with E-state index in [1.54, 1.807) is 122 Å². The fourth-order valence-electron chi connectivity index (χ4n) is 6.28. The van der Waals surface area contributed by atoms with Crippen LogP contribution in [-0.4, -0.2) is 270 Å². The van der Waals surface area contributed by atoms with Gasteiger partial charge in [0.25, 0.3) is 0 Å². The molecule has 30 nitrogen and oxygen atoms in total. The molecule has 3 aromatic heterocycles. The molecule has 10 N–H and O–H groups in total. The second-order valence-electron chi connectivity index (χ2n) is 16.9. The molecule has 3 aromatic rings. The monoisotopic (exact) mass is 1450 g/mol. The molecule has 0 aromatic carbocycles. The van der Waals surface area contributed by atoms with Crippen molar-refractivity contribution in [3.63, 3.8) is 0 Å². The Morgan fingerprint density at radius 2 is 0.611 bits per heavy atom. The minimum atomic E-state index is -2.53. The second-order valence-corrected chi connectivity index (χ2v) is 29.2. The van der Waals surface area contributed by atoms with Crippen molar-refractivity contribution in [2.75, 3.05) is 173 Å². The first kappa shape index (κ1) is 115. The molecule has 0 saturated carbocycles. The highest BCUT2D eigenvalue weighted by molar-refractivity contribution is 6.61. The maximum Gasteiger partial charge on any atom is 0.500 e. The average Bonchev–Trinajstić information content (AvgIpc) is 1.93. The van der Waals surface area contributed by atoms with E-state index >= 15 is 0 Å². The van der Waals surface area contributed by atoms with Crippen molar-refractivity contribution in [1.29, 1.82) is 0 Å². The molecule has 3 heterocycles. The van der Waals surface area contributed by atoms with Crippen LogP contribution in [0.4, 0.5) is 14.4 Å². The van der Waals surface area contributed by atoms with E-state index in [1.807, 2.05) is 111 Å². The molecule has 0 aliphatic rings. The number of nitrogens with one attached hydrogen (secondary N) is 3. The van der Waals surface area contributed by atoms with Crippen LogP contribution in [0.2, 0.25) is 24.2 Å². The standard InChI is InChI=1S/C12H29N3O4Si.C10H19N3O4Si.C7H6N4O.2C6H17NO3Si.C5H14N2.7C2H6.CH4O/c1-15(2)10-6-8-13-12(16)14-9-7-11-20(17-3,18-4)19-5;1-15-18(16-2,17-3)8-4-5-12-10(14)13-7-6-11-9-13;12-7(10-3-1-8-5-10)11-4-2-9-6-11;2*1-8-11(9-2,10-3)6-4-5-7;1-7(2)5-3-4-6;8*1-2/h6-11H2,1-5H3,(H2,13,14,16);6-7,9H,4-5,8H2,1-3H3,(H,12,14);1-6H;2*4-7H2,1-3H3;3-6H2,1-2H3;7*1-2H3;2H,1H3. The molecule has 0 fully saturated rings. The highest BCUT2D eigenvalue weighted by Crippen LogP contribution is 2.16. The Balaban J connectivity index is -0.0000000967. The lowest BCUT2D eigenvalue weighted by molar-refractivity contribution is 0.122. The molecular weight excluding hydrogens is 1300 g/mol.